The van der Waals surface area contributed by atoms with Gasteiger partial charge in [-0.1, -0.05) is 87.2 Å². The lowest BCUT2D eigenvalue weighted by Gasteiger charge is -2.30. The summed E-state index contributed by atoms with van der Waals surface area (Å²) in [7, 11) is 0. The molecule has 0 N–H and O–H groups in total. The van der Waals surface area contributed by atoms with Crippen LogP contribution in [0.3, 0.4) is 0 Å². The maximum absolute atomic E-state index is 3.74. The van der Waals surface area contributed by atoms with Crippen LogP contribution in [0.25, 0.3) is 0 Å². The first kappa shape index (κ1) is 24.4. The van der Waals surface area contributed by atoms with Crippen molar-refractivity contribution in [3.8, 4) is 0 Å². The van der Waals surface area contributed by atoms with E-state index in [4.69, 9.17) is 0 Å². The number of rotatable bonds is 6. The average Bonchev–Trinajstić information content (AvgIpc) is 3.15. The molecule has 0 unspecified atom stereocenters. The van der Waals surface area contributed by atoms with Crippen LogP contribution < -0.4 is 9.80 Å². The van der Waals surface area contributed by atoms with Crippen LogP contribution in [-0.4, -0.2) is 0 Å². The van der Waals surface area contributed by atoms with Crippen LogP contribution >= 0.6 is 31.9 Å². The third-order valence-corrected chi connectivity index (χ3v) is 6.82. The number of halogens is 2. The van der Waals surface area contributed by atoms with E-state index >= 15 is 0 Å². The monoisotopic (exact) mass is 545 g/mol. The zero-order valence-corrected chi connectivity index (χ0v) is 23.2. The van der Waals surface area contributed by atoms with Crippen molar-refractivity contribution in [2.75, 3.05) is 9.80 Å². The number of hydrogen-bond donors (Lipinski definition) is 0. The summed E-state index contributed by atoms with van der Waals surface area (Å²) in [6.07, 6.45) is 4.41. The van der Waals surface area contributed by atoms with Gasteiger partial charge in [0.2, 0.25) is 0 Å². The van der Waals surface area contributed by atoms with Crippen LogP contribution in [0.15, 0.2) is 45.6 Å². The van der Waals surface area contributed by atoms with Crippen molar-refractivity contribution in [2.45, 2.75) is 79.1 Å². The normalized spacial score (nSPS) is 14.3. The van der Waals surface area contributed by atoms with E-state index in [0.29, 0.717) is 23.7 Å². The van der Waals surface area contributed by atoms with Crippen molar-refractivity contribution in [2.24, 2.45) is 0 Å². The molecule has 1 radical (unpaired) electrons. The first-order valence-electron chi connectivity index (χ1n) is 11.3. The second-order valence-corrected chi connectivity index (χ2v) is 11.5. The van der Waals surface area contributed by atoms with Gasteiger partial charge >= 0.3 is 0 Å². The molecule has 0 aromatic heterocycles. The van der Waals surface area contributed by atoms with Gasteiger partial charge in [-0.15, -0.1) is 0 Å². The molecule has 0 amide bonds. The molecule has 0 saturated heterocycles. The van der Waals surface area contributed by atoms with Crippen LogP contribution in [0.2, 0.25) is 0 Å². The van der Waals surface area contributed by atoms with Crippen molar-refractivity contribution in [1.29, 1.82) is 0 Å². The highest BCUT2D eigenvalue weighted by molar-refractivity contribution is 9.10. The molecular formula is C27H35Br2N2. The molecule has 1 aliphatic rings. The zero-order valence-electron chi connectivity index (χ0n) is 20.0. The summed E-state index contributed by atoms with van der Waals surface area (Å²) in [6.45, 7) is 20.4. The topological polar surface area (TPSA) is 6.48 Å². The highest BCUT2D eigenvalue weighted by atomic mass is 79.9. The first-order valence-corrected chi connectivity index (χ1v) is 12.9. The molecular weight excluding hydrogens is 512 g/mol. The second-order valence-electron chi connectivity index (χ2n) is 9.71. The van der Waals surface area contributed by atoms with Crippen molar-refractivity contribution in [3.05, 3.63) is 74.5 Å². The molecule has 0 fully saturated rings. The Bertz CT molecular complexity index is 838. The molecule has 4 heteroatoms. The lowest BCUT2D eigenvalue weighted by atomic mass is 9.91. The number of benzene rings is 2. The molecule has 2 aromatic rings. The van der Waals surface area contributed by atoms with Gasteiger partial charge in [0.05, 0.1) is 0 Å². The Kier molecular flexibility index (Phi) is 7.63. The molecule has 2 nitrogen and oxygen atoms in total. The number of anilines is 2. The summed E-state index contributed by atoms with van der Waals surface area (Å²) in [5.74, 6) is 1.74. The molecule has 31 heavy (non-hydrogen) atoms. The van der Waals surface area contributed by atoms with E-state index in [1.165, 1.54) is 33.6 Å². The van der Waals surface area contributed by atoms with Gasteiger partial charge in [0, 0.05) is 32.7 Å². The lowest BCUT2D eigenvalue weighted by Crippen LogP contribution is -2.23. The molecule has 2 aromatic carbocycles. The fourth-order valence-corrected chi connectivity index (χ4v) is 5.25. The van der Waals surface area contributed by atoms with Gasteiger partial charge in [-0.3, -0.25) is 0 Å². The van der Waals surface area contributed by atoms with E-state index in [2.05, 4.69) is 140 Å². The minimum atomic E-state index is 0.436. The Morgan fingerprint density at radius 2 is 0.774 bits per heavy atom. The van der Waals surface area contributed by atoms with Gasteiger partial charge < -0.3 is 9.80 Å². The van der Waals surface area contributed by atoms with Gasteiger partial charge in [-0.2, -0.15) is 0 Å². The molecule has 1 heterocycles. The first-order chi connectivity index (χ1) is 14.5. The summed E-state index contributed by atoms with van der Waals surface area (Å²) in [6, 6.07) is 9.09. The predicted octanol–water partition coefficient (Wildman–Crippen LogP) is 9.62. The second kappa shape index (κ2) is 9.70. The van der Waals surface area contributed by atoms with E-state index < -0.39 is 0 Å². The van der Waals surface area contributed by atoms with Crippen molar-refractivity contribution in [3.63, 3.8) is 0 Å². The summed E-state index contributed by atoms with van der Waals surface area (Å²) in [4.78, 5) is 4.63. The van der Waals surface area contributed by atoms with E-state index in [1.807, 2.05) is 0 Å². The molecule has 0 atom stereocenters. The smallest absolute Gasteiger partial charge is 0.150 e. The molecule has 0 saturated carbocycles. The van der Waals surface area contributed by atoms with Crippen molar-refractivity contribution in [1.82, 2.24) is 0 Å². The Morgan fingerprint density at radius 1 is 0.516 bits per heavy atom. The summed E-state index contributed by atoms with van der Waals surface area (Å²) in [5, 5.41) is 0. The average molecular weight is 547 g/mol. The summed E-state index contributed by atoms with van der Waals surface area (Å²) < 4.78 is 2.31. The predicted molar refractivity (Wildman–Crippen MR) is 143 cm³/mol. The number of nitrogens with zero attached hydrogens (tertiary/aromatic N) is 2. The highest BCUT2D eigenvalue weighted by Gasteiger charge is 2.27. The van der Waals surface area contributed by atoms with Crippen LogP contribution in [0.5, 0.6) is 0 Å². The molecule has 3 rings (SSSR count). The third-order valence-electron chi connectivity index (χ3n) is 5.91. The lowest BCUT2D eigenvalue weighted by molar-refractivity contribution is 0.817. The maximum Gasteiger partial charge on any atom is 0.150 e. The van der Waals surface area contributed by atoms with E-state index in [1.54, 1.807) is 0 Å². The van der Waals surface area contributed by atoms with Crippen molar-refractivity contribution >= 4 is 43.2 Å². The molecule has 1 aliphatic heterocycles. The minimum Gasteiger partial charge on any atom is -0.321 e. The van der Waals surface area contributed by atoms with E-state index in [9.17, 15) is 0 Å². The maximum atomic E-state index is 3.74. The zero-order chi connectivity index (χ0) is 23.0. The van der Waals surface area contributed by atoms with Crippen LogP contribution in [0.1, 0.15) is 101 Å². The fourth-order valence-electron chi connectivity index (χ4n) is 4.26. The SMILES string of the molecule is CC(C)c1cc(Br)cc(C(C)C)c1N1[CH]N(c2c(C(C)C)cc(Br)cc2C(C)C)C=C1. The van der Waals surface area contributed by atoms with Gasteiger partial charge in [-0.05, 0) is 70.2 Å². The van der Waals surface area contributed by atoms with E-state index in [-0.39, 0.29) is 0 Å². The summed E-state index contributed by atoms with van der Waals surface area (Å²) >= 11 is 7.47. The van der Waals surface area contributed by atoms with Gasteiger partial charge in [0.25, 0.3) is 0 Å². The Hall–Kier alpha value is -1.26. The Morgan fingerprint density at radius 3 is 1.00 bits per heavy atom. The molecule has 0 bridgehead atoms. The summed E-state index contributed by atoms with van der Waals surface area (Å²) in [5.41, 5.74) is 8.08. The van der Waals surface area contributed by atoms with Gasteiger partial charge in [-0.25, -0.2) is 0 Å². The standard InChI is InChI=1S/C27H35Br2N2/c1-16(2)22-11-20(28)12-23(17(3)4)26(22)30-9-10-31(15-30)27-24(18(5)6)13-21(29)14-25(27)19(7)8/h9-19H,1-8H3. The van der Waals surface area contributed by atoms with E-state index in [0.717, 1.165) is 8.95 Å². The fraction of sp³-hybridized carbons (Fsp3) is 0.444. The van der Waals surface area contributed by atoms with Crippen LogP contribution in [0.4, 0.5) is 11.4 Å². The molecule has 167 valence electrons. The van der Waals surface area contributed by atoms with Crippen LogP contribution in [0, 0.1) is 6.67 Å². The molecule has 0 aliphatic carbocycles. The number of hydrogen-bond acceptors (Lipinski definition) is 2. The molecule has 0 spiro atoms. The Balaban J connectivity index is 2.10. The quantitative estimate of drug-likeness (QED) is 0.355. The van der Waals surface area contributed by atoms with Crippen molar-refractivity contribution < 1.29 is 0 Å². The highest BCUT2D eigenvalue weighted by Crippen LogP contribution is 2.44. The minimum absolute atomic E-state index is 0.436. The van der Waals surface area contributed by atoms with Gasteiger partial charge in [0.15, 0.2) is 6.67 Å². The Labute approximate surface area is 206 Å². The van der Waals surface area contributed by atoms with Gasteiger partial charge in [0.1, 0.15) is 0 Å². The third kappa shape index (κ3) is 5.06. The van der Waals surface area contributed by atoms with Crippen LogP contribution in [-0.2, 0) is 0 Å². The largest absolute Gasteiger partial charge is 0.321 e.